The number of benzene rings is 2. The van der Waals surface area contributed by atoms with Gasteiger partial charge in [-0.2, -0.15) is 0 Å². The lowest BCUT2D eigenvalue weighted by Crippen LogP contribution is -2.45. The predicted molar refractivity (Wildman–Crippen MR) is 103 cm³/mol. The minimum atomic E-state index is -0.914. The molecule has 0 bridgehead atoms. The Balaban J connectivity index is 1.59. The van der Waals surface area contributed by atoms with Crippen LogP contribution in [0.2, 0.25) is 0 Å². The number of nitrogens with zero attached hydrogens (tertiary/aromatic N) is 1. The van der Waals surface area contributed by atoms with Crippen LogP contribution in [0.1, 0.15) is 36.5 Å². The van der Waals surface area contributed by atoms with Crippen LogP contribution in [-0.2, 0) is 16.0 Å². The molecule has 2 aromatic carbocycles. The van der Waals surface area contributed by atoms with Crippen molar-refractivity contribution in [2.24, 2.45) is 5.41 Å². The van der Waals surface area contributed by atoms with Crippen LogP contribution in [0.25, 0.3) is 0 Å². The second-order valence-corrected chi connectivity index (χ2v) is 7.71. The first-order valence-corrected chi connectivity index (χ1v) is 9.23. The molecule has 26 heavy (non-hydrogen) atoms. The summed E-state index contributed by atoms with van der Waals surface area (Å²) in [7, 11) is 0. The summed E-state index contributed by atoms with van der Waals surface area (Å²) < 4.78 is 0. The summed E-state index contributed by atoms with van der Waals surface area (Å²) >= 11 is 0. The van der Waals surface area contributed by atoms with Crippen molar-refractivity contribution < 1.29 is 9.59 Å². The molecule has 1 fully saturated rings. The molecule has 0 radical (unpaired) electrons. The molecule has 0 spiro atoms. The van der Waals surface area contributed by atoms with Crippen molar-refractivity contribution >= 4 is 23.2 Å². The molecule has 1 aliphatic carbocycles. The van der Waals surface area contributed by atoms with Crippen molar-refractivity contribution in [1.29, 1.82) is 0 Å². The monoisotopic (exact) mass is 348 g/mol. The summed E-state index contributed by atoms with van der Waals surface area (Å²) in [5, 5.41) is 3.00. The Kier molecular flexibility index (Phi) is 3.87. The fraction of sp³-hybridized carbons (Fsp3) is 0.364. The summed E-state index contributed by atoms with van der Waals surface area (Å²) in [5.74, 6) is -0.233. The van der Waals surface area contributed by atoms with Gasteiger partial charge in [-0.05, 0) is 63.3 Å². The maximum absolute atomic E-state index is 13.3. The van der Waals surface area contributed by atoms with E-state index >= 15 is 0 Å². The van der Waals surface area contributed by atoms with Gasteiger partial charge in [0.05, 0.1) is 0 Å². The second-order valence-electron chi connectivity index (χ2n) is 7.71. The molecule has 1 atom stereocenters. The molecular formula is C22H24N2O2. The number of aryl methyl sites for hydroxylation is 2. The van der Waals surface area contributed by atoms with E-state index in [1.807, 2.05) is 55.1 Å². The van der Waals surface area contributed by atoms with Gasteiger partial charge >= 0.3 is 0 Å². The third-order valence-corrected chi connectivity index (χ3v) is 5.65. The number of rotatable bonds is 3. The van der Waals surface area contributed by atoms with Gasteiger partial charge in [-0.3, -0.25) is 9.59 Å². The Morgan fingerprint density at radius 2 is 1.85 bits per heavy atom. The van der Waals surface area contributed by atoms with Gasteiger partial charge in [0.1, 0.15) is 5.41 Å². The van der Waals surface area contributed by atoms with Crippen molar-refractivity contribution in [3.05, 3.63) is 59.2 Å². The smallest absolute Gasteiger partial charge is 0.242 e. The molecule has 0 saturated heterocycles. The van der Waals surface area contributed by atoms with E-state index < -0.39 is 5.41 Å². The van der Waals surface area contributed by atoms with Crippen molar-refractivity contribution in [3.63, 3.8) is 0 Å². The van der Waals surface area contributed by atoms with Crippen molar-refractivity contribution in [1.82, 2.24) is 0 Å². The number of hydrogen-bond donors (Lipinski definition) is 1. The third kappa shape index (κ3) is 2.61. The lowest BCUT2D eigenvalue weighted by Gasteiger charge is -2.27. The molecule has 134 valence electrons. The highest BCUT2D eigenvalue weighted by atomic mass is 16.2. The largest absolute Gasteiger partial charge is 0.325 e. The number of carbonyl (C=O) groups is 2. The molecule has 1 aliphatic heterocycles. The molecule has 1 heterocycles. The zero-order chi connectivity index (χ0) is 18.5. The van der Waals surface area contributed by atoms with E-state index in [-0.39, 0.29) is 17.9 Å². The minimum Gasteiger partial charge on any atom is -0.325 e. The predicted octanol–water partition coefficient (Wildman–Crippen LogP) is 4.00. The van der Waals surface area contributed by atoms with Crippen molar-refractivity contribution in [2.45, 2.75) is 46.1 Å². The number of nitrogens with one attached hydrogen (secondary N) is 1. The molecule has 4 nitrogen and oxygen atoms in total. The highest BCUT2D eigenvalue weighted by Crippen LogP contribution is 2.50. The first kappa shape index (κ1) is 16.8. The van der Waals surface area contributed by atoms with Crippen molar-refractivity contribution in [2.75, 3.05) is 10.2 Å². The molecule has 1 N–H and O–H groups in total. The van der Waals surface area contributed by atoms with Gasteiger partial charge in [-0.1, -0.05) is 35.9 Å². The van der Waals surface area contributed by atoms with E-state index in [0.29, 0.717) is 12.8 Å². The number of carbonyl (C=O) groups excluding carboxylic acids is 2. The van der Waals surface area contributed by atoms with E-state index in [1.165, 1.54) is 5.56 Å². The Morgan fingerprint density at radius 3 is 2.54 bits per heavy atom. The Labute approximate surface area is 154 Å². The van der Waals surface area contributed by atoms with Crippen LogP contribution in [0.3, 0.4) is 0 Å². The second kappa shape index (κ2) is 5.97. The standard InChI is InChI=1S/C22H24N2O2/c1-14-8-9-18(15(2)12-14)23-20(25)22(10-11-22)21(26)24-16(3)13-17-6-4-5-7-19(17)24/h4-9,12,16H,10-11,13H2,1-3H3,(H,23,25). The van der Waals surface area contributed by atoms with Crippen LogP contribution < -0.4 is 10.2 Å². The molecule has 1 unspecified atom stereocenters. The molecule has 1 saturated carbocycles. The van der Waals surface area contributed by atoms with Crippen LogP contribution in [0.15, 0.2) is 42.5 Å². The summed E-state index contributed by atoms with van der Waals surface area (Å²) in [4.78, 5) is 28.2. The van der Waals surface area contributed by atoms with Crippen LogP contribution in [0, 0.1) is 19.3 Å². The number of fused-ring (bicyclic) bond motifs is 1. The normalized spacial score (nSPS) is 19.8. The van der Waals surface area contributed by atoms with Gasteiger partial charge < -0.3 is 10.2 Å². The average molecular weight is 348 g/mol. The van der Waals surface area contributed by atoms with E-state index in [9.17, 15) is 9.59 Å². The van der Waals surface area contributed by atoms with Gasteiger partial charge in [0.25, 0.3) is 0 Å². The van der Waals surface area contributed by atoms with Gasteiger partial charge in [0.2, 0.25) is 11.8 Å². The van der Waals surface area contributed by atoms with E-state index in [2.05, 4.69) is 18.3 Å². The van der Waals surface area contributed by atoms with E-state index in [0.717, 1.165) is 28.9 Å². The third-order valence-electron chi connectivity index (χ3n) is 5.65. The fourth-order valence-electron chi connectivity index (χ4n) is 3.96. The van der Waals surface area contributed by atoms with E-state index in [1.54, 1.807) is 0 Å². The fourth-order valence-corrected chi connectivity index (χ4v) is 3.96. The average Bonchev–Trinajstić information content (AvgIpc) is 3.34. The molecule has 0 aromatic heterocycles. The summed E-state index contributed by atoms with van der Waals surface area (Å²) in [6.07, 6.45) is 2.08. The van der Waals surface area contributed by atoms with Gasteiger partial charge in [0, 0.05) is 17.4 Å². The zero-order valence-corrected chi connectivity index (χ0v) is 15.5. The molecule has 4 rings (SSSR count). The van der Waals surface area contributed by atoms with E-state index in [4.69, 9.17) is 0 Å². The molecule has 4 heteroatoms. The number of anilines is 2. The summed E-state index contributed by atoms with van der Waals surface area (Å²) in [6, 6.07) is 14.0. The molecular weight excluding hydrogens is 324 g/mol. The quantitative estimate of drug-likeness (QED) is 0.853. The SMILES string of the molecule is Cc1ccc(NC(=O)C2(C(=O)N3c4ccccc4CC3C)CC2)c(C)c1. The van der Waals surface area contributed by atoms with Crippen LogP contribution >= 0.6 is 0 Å². The molecule has 2 amide bonds. The minimum absolute atomic E-state index is 0.0581. The summed E-state index contributed by atoms with van der Waals surface area (Å²) in [6.45, 7) is 6.05. The highest BCUT2D eigenvalue weighted by molar-refractivity contribution is 6.18. The number of para-hydroxylation sites is 1. The Bertz CT molecular complexity index is 899. The lowest BCUT2D eigenvalue weighted by atomic mass is 10.0. The van der Waals surface area contributed by atoms with Gasteiger partial charge in [0.15, 0.2) is 0 Å². The maximum Gasteiger partial charge on any atom is 0.242 e. The Morgan fingerprint density at radius 1 is 1.12 bits per heavy atom. The first-order valence-electron chi connectivity index (χ1n) is 9.23. The number of hydrogen-bond acceptors (Lipinski definition) is 2. The van der Waals surface area contributed by atoms with Crippen LogP contribution in [0.4, 0.5) is 11.4 Å². The topological polar surface area (TPSA) is 49.4 Å². The van der Waals surface area contributed by atoms with Crippen molar-refractivity contribution in [3.8, 4) is 0 Å². The van der Waals surface area contributed by atoms with Crippen LogP contribution in [0.5, 0.6) is 0 Å². The summed E-state index contributed by atoms with van der Waals surface area (Å²) in [5.41, 5.74) is 4.18. The highest BCUT2D eigenvalue weighted by Gasteiger charge is 2.59. The van der Waals surface area contributed by atoms with Gasteiger partial charge in [-0.25, -0.2) is 0 Å². The maximum atomic E-state index is 13.3. The molecule has 2 aliphatic rings. The van der Waals surface area contributed by atoms with Crippen LogP contribution in [-0.4, -0.2) is 17.9 Å². The van der Waals surface area contributed by atoms with Gasteiger partial charge in [-0.15, -0.1) is 0 Å². The Hall–Kier alpha value is -2.62. The lowest BCUT2D eigenvalue weighted by molar-refractivity contribution is -0.132. The zero-order valence-electron chi connectivity index (χ0n) is 15.5. The number of amides is 2. The molecule has 2 aromatic rings. The first-order chi connectivity index (χ1) is 12.4.